The number of para-hydroxylation sites is 1. The van der Waals surface area contributed by atoms with Gasteiger partial charge in [0.15, 0.2) is 0 Å². The molecule has 2 aromatic rings. The normalized spacial score (nSPS) is 11.6. The van der Waals surface area contributed by atoms with E-state index < -0.39 is 0 Å². The van der Waals surface area contributed by atoms with Crippen molar-refractivity contribution in [1.82, 2.24) is 0 Å². The first-order valence-corrected chi connectivity index (χ1v) is 6.67. The molecule has 0 heterocycles. The lowest BCUT2D eigenvalue weighted by Crippen LogP contribution is -2.13. The number of hydrogen-bond donors (Lipinski definition) is 1. The van der Waals surface area contributed by atoms with Crippen LogP contribution in [0, 0.1) is 5.92 Å². The molecule has 0 bridgehead atoms. The van der Waals surface area contributed by atoms with Gasteiger partial charge in [0.1, 0.15) is 0 Å². The minimum Gasteiger partial charge on any atom is -0.279 e. The Hall–Kier alpha value is -2.09. The fraction of sp³-hybridized carbons (Fsp3) is 0.235. The lowest BCUT2D eigenvalue weighted by molar-refractivity contribution is 0.858. The van der Waals surface area contributed by atoms with Crippen LogP contribution in [0.3, 0.4) is 0 Å². The predicted molar refractivity (Wildman–Crippen MR) is 82.5 cm³/mol. The summed E-state index contributed by atoms with van der Waals surface area (Å²) in [7, 11) is 0. The first kappa shape index (κ1) is 13.3. The highest BCUT2D eigenvalue weighted by molar-refractivity contribution is 5.88. The van der Waals surface area contributed by atoms with Gasteiger partial charge in [-0.15, -0.1) is 0 Å². The predicted octanol–water partition coefficient (Wildman–Crippen LogP) is 4.35. The van der Waals surface area contributed by atoms with Crippen LogP contribution in [-0.2, 0) is 6.42 Å². The zero-order valence-electron chi connectivity index (χ0n) is 11.5. The van der Waals surface area contributed by atoms with Crippen LogP contribution < -0.4 is 5.43 Å². The van der Waals surface area contributed by atoms with E-state index in [1.807, 2.05) is 36.4 Å². The van der Waals surface area contributed by atoms with Crippen LogP contribution in [-0.4, -0.2) is 5.71 Å². The van der Waals surface area contributed by atoms with Crippen LogP contribution in [0.5, 0.6) is 0 Å². The average molecular weight is 252 g/mol. The van der Waals surface area contributed by atoms with E-state index in [2.05, 4.69) is 48.6 Å². The number of nitrogens with one attached hydrogen (secondary N) is 1. The number of rotatable bonds is 5. The van der Waals surface area contributed by atoms with Crippen molar-refractivity contribution in [2.24, 2.45) is 11.0 Å². The molecule has 0 saturated heterocycles. The summed E-state index contributed by atoms with van der Waals surface area (Å²) in [5, 5.41) is 4.56. The van der Waals surface area contributed by atoms with E-state index in [9.17, 15) is 0 Å². The summed E-state index contributed by atoms with van der Waals surface area (Å²) >= 11 is 0. The van der Waals surface area contributed by atoms with E-state index in [0.29, 0.717) is 5.92 Å². The largest absolute Gasteiger partial charge is 0.279 e. The monoisotopic (exact) mass is 252 g/mol. The molecular formula is C17H20N2. The number of benzene rings is 2. The van der Waals surface area contributed by atoms with Crippen molar-refractivity contribution in [1.29, 1.82) is 0 Å². The quantitative estimate of drug-likeness (QED) is 0.620. The third-order valence-electron chi connectivity index (χ3n) is 3.00. The molecule has 0 aromatic heterocycles. The second-order valence-corrected chi connectivity index (χ2v) is 4.90. The molecule has 0 spiro atoms. The van der Waals surface area contributed by atoms with Crippen LogP contribution in [0.2, 0.25) is 0 Å². The third kappa shape index (κ3) is 4.25. The SMILES string of the molecule is CC(C)C(Cc1ccccc1)=NNc1ccccc1. The Morgan fingerprint density at radius 2 is 1.53 bits per heavy atom. The topological polar surface area (TPSA) is 24.4 Å². The van der Waals surface area contributed by atoms with Crippen molar-refractivity contribution >= 4 is 11.4 Å². The van der Waals surface area contributed by atoms with Crippen molar-refractivity contribution in [3.8, 4) is 0 Å². The zero-order chi connectivity index (χ0) is 13.5. The van der Waals surface area contributed by atoms with Crippen molar-refractivity contribution in [3.63, 3.8) is 0 Å². The smallest absolute Gasteiger partial charge is 0.0561 e. The molecule has 0 aliphatic heterocycles. The summed E-state index contributed by atoms with van der Waals surface area (Å²) in [5.41, 5.74) is 6.61. The van der Waals surface area contributed by atoms with E-state index in [-0.39, 0.29) is 0 Å². The zero-order valence-corrected chi connectivity index (χ0v) is 11.5. The summed E-state index contributed by atoms with van der Waals surface area (Å²) in [4.78, 5) is 0. The molecular weight excluding hydrogens is 232 g/mol. The molecule has 2 heteroatoms. The van der Waals surface area contributed by atoms with Crippen LogP contribution in [0.1, 0.15) is 19.4 Å². The van der Waals surface area contributed by atoms with Gasteiger partial charge in [-0.3, -0.25) is 5.43 Å². The van der Waals surface area contributed by atoms with Gasteiger partial charge in [0.2, 0.25) is 0 Å². The number of nitrogens with zero attached hydrogens (tertiary/aromatic N) is 1. The van der Waals surface area contributed by atoms with Gasteiger partial charge >= 0.3 is 0 Å². The van der Waals surface area contributed by atoms with Crippen LogP contribution in [0.4, 0.5) is 5.69 Å². The van der Waals surface area contributed by atoms with E-state index in [1.165, 1.54) is 5.56 Å². The van der Waals surface area contributed by atoms with Crippen molar-refractivity contribution in [2.45, 2.75) is 20.3 Å². The molecule has 19 heavy (non-hydrogen) atoms. The Balaban J connectivity index is 2.08. The average Bonchev–Trinajstić information content (AvgIpc) is 2.45. The maximum absolute atomic E-state index is 4.56. The highest BCUT2D eigenvalue weighted by Crippen LogP contribution is 2.10. The molecule has 2 rings (SSSR count). The fourth-order valence-corrected chi connectivity index (χ4v) is 1.83. The number of anilines is 1. The molecule has 0 aliphatic carbocycles. The standard InChI is InChI=1S/C17H20N2/c1-14(2)17(13-15-9-5-3-6-10-15)19-18-16-11-7-4-8-12-16/h3-12,14,18H,13H2,1-2H3. The molecule has 2 nitrogen and oxygen atoms in total. The number of hydrazone groups is 1. The molecule has 98 valence electrons. The molecule has 0 atom stereocenters. The molecule has 0 amide bonds. The van der Waals surface area contributed by atoms with E-state index in [0.717, 1.165) is 17.8 Å². The Bertz CT molecular complexity index is 515. The van der Waals surface area contributed by atoms with E-state index >= 15 is 0 Å². The first-order chi connectivity index (χ1) is 9.25. The van der Waals surface area contributed by atoms with Crippen molar-refractivity contribution in [2.75, 3.05) is 5.43 Å². The lowest BCUT2D eigenvalue weighted by Gasteiger charge is -2.11. The molecule has 2 aromatic carbocycles. The molecule has 0 unspecified atom stereocenters. The molecule has 0 aliphatic rings. The summed E-state index contributed by atoms with van der Waals surface area (Å²) in [5.74, 6) is 0.427. The van der Waals surface area contributed by atoms with Gasteiger partial charge in [-0.2, -0.15) is 5.10 Å². The Morgan fingerprint density at radius 1 is 0.947 bits per heavy atom. The van der Waals surface area contributed by atoms with Gasteiger partial charge < -0.3 is 0 Å². The van der Waals surface area contributed by atoms with Gasteiger partial charge in [-0.25, -0.2) is 0 Å². The summed E-state index contributed by atoms with van der Waals surface area (Å²) in [6.45, 7) is 4.35. The van der Waals surface area contributed by atoms with Crippen molar-refractivity contribution in [3.05, 3.63) is 66.2 Å². The molecule has 1 N–H and O–H groups in total. The van der Waals surface area contributed by atoms with Crippen LogP contribution in [0.15, 0.2) is 65.8 Å². The Kier molecular flexibility index (Phi) is 4.73. The molecule has 0 radical (unpaired) electrons. The summed E-state index contributed by atoms with van der Waals surface area (Å²) < 4.78 is 0. The Morgan fingerprint density at radius 3 is 2.11 bits per heavy atom. The van der Waals surface area contributed by atoms with Crippen LogP contribution in [0.25, 0.3) is 0 Å². The third-order valence-corrected chi connectivity index (χ3v) is 3.00. The summed E-state index contributed by atoms with van der Waals surface area (Å²) in [6, 6.07) is 20.5. The van der Waals surface area contributed by atoms with Crippen molar-refractivity contribution < 1.29 is 0 Å². The Labute approximate surface area is 115 Å². The number of hydrogen-bond acceptors (Lipinski definition) is 2. The van der Waals surface area contributed by atoms with E-state index in [1.54, 1.807) is 0 Å². The minimum absolute atomic E-state index is 0.427. The van der Waals surface area contributed by atoms with Gasteiger partial charge in [0.25, 0.3) is 0 Å². The molecule has 0 saturated carbocycles. The second kappa shape index (κ2) is 6.74. The lowest BCUT2D eigenvalue weighted by atomic mass is 10.0. The van der Waals surface area contributed by atoms with Gasteiger partial charge in [0, 0.05) is 12.1 Å². The van der Waals surface area contributed by atoms with Gasteiger partial charge in [0.05, 0.1) is 5.69 Å². The first-order valence-electron chi connectivity index (χ1n) is 6.67. The highest BCUT2D eigenvalue weighted by atomic mass is 15.3. The van der Waals surface area contributed by atoms with Gasteiger partial charge in [-0.05, 0) is 23.6 Å². The summed E-state index contributed by atoms with van der Waals surface area (Å²) in [6.07, 6.45) is 0.887. The molecule has 0 fully saturated rings. The minimum atomic E-state index is 0.427. The fourth-order valence-electron chi connectivity index (χ4n) is 1.83. The second-order valence-electron chi connectivity index (χ2n) is 4.90. The maximum atomic E-state index is 4.56. The van der Waals surface area contributed by atoms with Gasteiger partial charge in [-0.1, -0.05) is 62.4 Å². The van der Waals surface area contributed by atoms with Crippen LogP contribution >= 0.6 is 0 Å². The van der Waals surface area contributed by atoms with E-state index in [4.69, 9.17) is 0 Å². The maximum Gasteiger partial charge on any atom is 0.0561 e. The highest BCUT2D eigenvalue weighted by Gasteiger charge is 2.06.